The Morgan fingerprint density at radius 1 is 1.17 bits per heavy atom. The van der Waals surface area contributed by atoms with Crippen molar-refractivity contribution < 1.29 is 9.53 Å². The standard InChI is InChI=1S/C26H26N6O2S2/c1-17-16-32(18(2)33)13-11-21(17)24-29-26(36-31-24)30-25-22(34-19-8-4-3-5-9-19)14-20(15-28-25)35-23-10-6-7-12-27-23/h3-10,12,14-15,17,21H,11,13,16H2,1-2H3,(H,28,29,30,31). The highest BCUT2D eigenvalue weighted by Crippen LogP contribution is 2.37. The van der Waals surface area contributed by atoms with E-state index in [1.54, 1.807) is 19.3 Å². The summed E-state index contributed by atoms with van der Waals surface area (Å²) in [6.07, 6.45) is 4.42. The third-order valence-corrected chi connectivity index (χ3v) is 7.56. The van der Waals surface area contributed by atoms with E-state index in [1.807, 2.05) is 59.5 Å². The Hall–Kier alpha value is -3.50. The molecule has 1 saturated heterocycles. The minimum absolute atomic E-state index is 0.121. The number of hydrogen-bond acceptors (Lipinski definition) is 9. The highest BCUT2D eigenvalue weighted by Gasteiger charge is 2.31. The molecule has 1 aliphatic rings. The van der Waals surface area contributed by atoms with Crippen LogP contribution in [0.25, 0.3) is 0 Å². The van der Waals surface area contributed by atoms with Crippen LogP contribution in [-0.2, 0) is 4.79 Å². The lowest BCUT2D eigenvalue weighted by atomic mass is 9.86. The van der Waals surface area contributed by atoms with Crippen LogP contribution in [0.5, 0.6) is 11.5 Å². The van der Waals surface area contributed by atoms with Gasteiger partial charge in [-0.15, -0.1) is 0 Å². The van der Waals surface area contributed by atoms with Crippen molar-refractivity contribution in [2.24, 2.45) is 5.92 Å². The molecule has 4 aromatic rings. The molecular formula is C26H26N6O2S2. The summed E-state index contributed by atoms with van der Waals surface area (Å²) < 4.78 is 10.8. The molecule has 1 aromatic carbocycles. The molecule has 0 aliphatic carbocycles. The number of para-hydroxylation sites is 1. The predicted octanol–water partition coefficient (Wildman–Crippen LogP) is 5.99. The summed E-state index contributed by atoms with van der Waals surface area (Å²) in [5.74, 6) is 3.31. The monoisotopic (exact) mass is 518 g/mol. The Kier molecular flexibility index (Phi) is 7.43. The molecule has 1 N–H and O–H groups in total. The van der Waals surface area contributed by atoms with E-state index in [0.717, 1.165) is 35.3 Å². The Labute approximate surface area is 218 Å². The predicted molar refractivity (Wildman–Crippen MR) is 141 cm³/mol. The van der Waals surface area contributed by atoms with E-state index in [0.29, 0.717) is 28.4 Å². The van der Waals surface area contributed by atoms with Crippen molar-refractivity contribution in [2.45, 2.75) is 36.1 Å². The molecular weight excluding hydrogens is 492 g/mol. The highest BCUT2D eigenvalue weighted by atomic mass is 32.2. The summed E-state index contributed by atoms with van der Waals surface area (Å²) in [7, 11) is 0. The number of amides is 1. The Morgan fingerprint density at radius 2 is 2.00 bits per heavy atom. The van der Waals surface area contributed by atoms with Crippen molar-refractivity contribution in [1.82, 2.24) is 24.2 Å². The van der Waals surface area contributed by atoms with Crippen molar-refractivity contribution in [2.75, 3.05) is 18.4 Å². The first-order chi connectivity index (χ1) is 17.5. The third-order valence-electron chi connectivity index (χ3n) is 6.01. The van der Waals surface area contributed by atoms with Gasteiger partial charge in [0.25, 0.3) is 0 Å². The number of nitrogens with zero attached hydrogens (tertiary/aromatic N) is 5. The van der Waals surface area contributed by atoms with Crippen LogP contribution in [0.4, 0.5) is 10.9 Å². The average molecular weight is 519 g/mol. The largest absolute Gasteiger partial charge is 0.453 e. The molecule has 184 valence electrons. The molecule has 36 heavy (non-hydrogen) atoms. The number of hydrogen-bond donors (Lipinski definition) is 1. The van der Waals surface area contributed by atoms with Gasteiger partial charge in [-0.3, -0.25) is 4.79 Å². The van der Waals surface area contributed by atoms with E-state index >= 15 is 0 Å². The van der Waals surface area contributed by atoms with Gasteiger partial charge in [0, 0.05) is 60.8 Å². The van der Waals surface area contributed by atoms with Gasteiger partial charge in [-0.25, -0.2) is 15.0 Å². The summed E-state index contributed by atoms with van der Waals surface area (Å²) in [6, 6.07) is 17.4. The number of rotatable bonds is 7. The quantitative estimate of drug-likeness (QED) is 0.319. The lowest BCUT2D eigenvalue weighted by Crippen LogP contribution is -2.41. The zero-order chi connectivity index (χ0) is 24.9. The van der Waals surface area contributed by atoms with Crippen molar-refractivity contribution in [3.8, 4) is 11.5 Å². The molecule has 2 atom stereocenters. The van der Waals surface area contributed by atoms with Crippen molar-refractivity contribution in [3.05, 3.63) is 72.8 Å². The molecule has 0 bridgehead atoms. The van der Waals surface area contributed by atoms with Gasteiger partial charge < -0.3 is 15.0 Å². The fraction of sp³-hybridized carbons (Fsp3) is 0.269. The molecule has 0 radical (unpaired) electrons. The Bertz CT molecular complexity index is 1320. The van der Waals surface area contributed by atoms with E-state index in [2.05, 4.69) is 26.6 Å². The van der Waals surface area contributed by atoms with Crippen LogP contribution in [0.3, 0.4) is 0 Å². The van der Waals surface area contributed by atoms with Crippen molar-refractivity contribution in [1.29, 1.82) is 0 Å². The van der Waals surface area contributed by atoms with Gasteiger partial charge in [0.2, 0.25) is 11.0 Å². The van der Waals surface area contributed by atoms with Crippen molar-refractivity contribution >= 4 is 40.2 Å². The first kappa shape index (κ1) is 24.2. The van der Waals surface area contributed by atoms with Crippen LogP contribution >= 0.6 is 23.3 Å². The lowest BCUT2D eigenvalue weighted by molar-refractivity contribution is -0.130. The number of carbonyl (C=O) groups is 1. The molecule has 8 nitrogen and oxygen atoms in total. The topological polar surface area (TPSA) is 93.1 Å². The number of piperidine rings is 1. The zero-order valence-electron chi connectivity index (χ0n) is 20.0. The number of carbonyl (C=O) groups excluding carboxylic acids is 1. The van der Waals surface area contributed by atoms with E-state index in [-0.39, 0.29) is 11.8 Å². The fourth-order valence-electron chi connectivity index (χ4n) is 4.15. The molecule has 1 aliphatic heterocycles. The van der Waals surface area contributed by atoms with E-state index in [9.17, 15) is 4.79 Å². The second kappa shape index (κ2) is 11.0. The van der Waals surface area contributed by atoms with Crippen LogP contribution in [0.15, 0.2) is 76.9 Å². The molecule has 10 heteroatoms. The van der Waals surface area contributed by atoms with E-state index in [1.165, 1.54) is 23.3 Å². The number of aromatic nitrogens is 4. The van der Waals surface area contributed by atoms with Crippen LogP contribution in [0.2, 0.25) is 0 Å². The summed E-state index contributed by atoms with van der Waals surface area (Å²) in [6.45, 7) is 5.24. The number of likely N-dealkylation sites (tertiary alicyclic amines) is 1. The molecule has 0 spiro atoms. The van der Waals surface area contributed by atoms with Gasteiger partial charge in [-0.05, 0) is 36.6 Å². The smallest absolute Gasteiger partial charge is 0.219 e. The second-order valence-corrected chi connectivity index (χ2v) is 10.5. The average Bonchev–Trinajstić information content (AvgIpc) is 3.35. The Balaban J connectivity index is 1.36. The van der Waals surface area contributed by atoms with E-state index in [4.69, 9.17) is 9.72 Å². The molecule has 1 amide bonds. The first-order valence-electron chi connectivity index (χ1n) is 11.7. The highest BCUT2D eigenvalue weighted by molar-refractivity contribution is 7.99. The molecule has 5 rings (SSSR count). The lowest BCUT2D eigenvalue weighted by Gasteiger charge is -2.35. The van der Waals surface area contributed by atoms with Gasteiger partial charge in [0.15, 0.2) is 11.6 Å². The maximum absolute atomic E-state index is 11.7. The number of benzene rings is 1. The minimum atomic E-state index is 0.121. The number of ether oxygens (including phenoxy) is 1. The molecule has 1 fully saturated rings. The SMILES string of the molecule is CC(=O)N1CCC(c2nsc(Nc3ncc(Sc4ccccn4)cc3Oc3ccccc3)n2)C(C)C1. The fourth-order valence-corrected chi connectivity index (χ4v) is 5.56. The first-order valence-corrected chi connectivity index (χ1v) is 13.3. The summed E-state index contributed by atoms with van der Waals surface area (Å²) >= 11 is 2.82. The van der Waals surface area contributed by atoms with Gasteiger partial charge in [-0.1, -0.05) is 43.0 Å². The normalized spacial score (nSPS) is 17.6. The maximum atomic E-state index is 11.7. The van der Waals surface area contributed by atoms with Gasteiger partial charge in [0.1, 0.15) is 16.6 Å². The Morgan fingerprint density at radius 3 is 2.75 bits per heavy atom. The van der Waals surface area contributed by atoms with E-state index < -0.39 is 0 Å². The van der Waals surface area contributed by atoms with Crippen LogP contribution in [0.1, 0.15) is 32.0 Å². The van der Waals surface area contributed by atoms with Crippen LogP contribution in [0, 0.1) is 5.92 Å². The summed E-state index contributed by atoms with van der Waals surface area (Å²) in [5, 5.41) is 4.84. The van der Waals surface area contributed by atoms with Gasteiger partial charge >= 0.3 is 0 Å². The molecule has 3 aromatic heterocycles. The summed E-state index contributed by atoms with van der Waals surface area (Å²) in [4.78, 5) is 28.4. The van der Waals surface area contributed by atoms with Gasteiger partial charge in [-0.2, -0.15) is 4.37 Å². The number of pyridine rings is 2. The number of nitrogens with one attached hydrogen (secondary N) is 1. The zero-order valence-corrected chi connectivity index (χ0v) is 21.6. The van der Waals surface area contributed by atoms with Crippen molar-refractivity contribution in [3.63, 3.8) is 0 Å². The van der Waals surface area contributed by atoms with Crippen LogP contribution < -0.4 is 10.1 Å². The molecule has 0 saturated carbocycles. The number of anilines is 2. The molecule has 2 unspecified atom stereocenters. The van der Waals surface area contributed by atoms with Gasteiger partial charge in [0.05, 0.1) is 0 Å². The third kappa shape index (κ3) is 5.83. The second-order valence-electron chi connectivity index (χ2n) is 8.62. The molecule has 4 heterocycles. The summed E-state index contributed by atoms with van der Waals surface area (Å²) in [5.41, 5.74) is 0. The minimum Gasteiger partial charge on any atom is -0.453 e. The maximum Gasteiger partial charge on any atom is 0.219 e. The van der Waals surface area contributed by atoms with Crippen LogP contribution in [-0.4, -0.2) is 43.2 Å².